The van der Waals surface area contributed by atoms with Crippen molar-refractivity contribution in [2.75, 3.05) is 0 Å². The van der Waals surface area contributed by atoms with Crippen LogP contribution in [0.1, 0.15) is 6.92 Å². The van der Waals surface area contributed by atoms with Crippen molar-refractivity contribution < 1.29 is 9.90 Å². The second kappa shape index (κ2) is 5.22. The first-order valence-electron chi connectivity index (χ1n) is 5.38. The van der Waals surface area contributed by atoms with Crippen molar-refractivity contribution in [3.8, 4) is 11.4 Å². The molecule has 2 rings (SSSR count). The lowest BCUT2D eigenvalue weighted by Crippen LogP contribution is -2.05. The van der Waals surface area contributed by atoms with Gasteiger partial charge in [-0.1, -0.05) is 30.3 Å². The monoisotopic (exact) mass is 244 g/mol. The Labute approximate surface area is 104 Å². The van der Waals surface area contributed by atoms with Gasteiger partial charge in [-0.3, -0.25) is 0 Å². The molecule has 0 amide bonds. The Bertz CT molecular complexity index is 575. The molecule has 0 saturated carbocycles. The lowest BCUT2D eigenvalue weighted by atomic mass is 10.2. The number of rotatable bonds is 4. The van der Waals surface area contributed by atoms with Crippen molar-refractivity contribution >= 4 is 5.97 Å². The maximum absolute atomic E-state index is 10.5. The van der Waals surface area contributed by atoms with E-state index in [1.807, 2.05) is 30.3 Å². The van der Waals surface area contributed by atoms with Crippen molar-refractivity contribution in [1.29, 1.82) is 0 Å². The number of allylic oxidation sites excluding steroid dienone is 1. The van der Waals surface area contributed by atoms with E-state index < -0.39 is 5.97 Å². The van der Waals surface area contributed by atoms with Crippen LogP contribution in [0.2, 0.25) is 0 Å². The van der Waals surface area contributed by atoms with E-state index in [1.54, 1.807) is 6.92 Å². The second-order valence-electron chi connectivity index (χ2n) is 3.84. The van der Waals surface area contributed by atoms with Crippen LogP contribution in [0.5, 0.6) is 0 Å². The second-order valence-corrected chi connectivity index (χ2v) is 3.84. The molecule has 1 aromatic heterocycles. The molecule has 92 valence electrons. The quantitative estimate of drug-likeness (QED) is 0.821. The molecule has 0 fully saturated rings. The van der Waals surface area contributed by atoms with Crippen LogP contribution in [0.3, 0.4) is 0 Å². The minimum atomic E-state index is -0.976. The van der Waals surface area contributed by atoms with Gasteiger partial charge in [0.15, 0.2) is 0 Å². The molecule has 0 unspecified atom stereocenters. The normalized spacial score (nSPS) is 11.5. The van der Waals surface area contributed by atoms with Gasteiger partial charge in [-0.15, -0.1) is 10.2 Å². The van der Waals surface area contributed by atoms with Gasteiger partial charge in [-0.2, -0.15) is 4.80 Å². The summed E-state index contributed by atoms with van der Waals surface area (Å²) in [6.07, 6.45) is 1.13. The summed E-state index contributed by atoms with van der Waals surface area (Å²) < 4.78 is 0. The van der Waals surface area contributed by atoms with Crippen molar-refractivity contribution in [3.63, 3.8) is 0 Å². The van der Waals surface area contributed by atoms with Gasteiger partial charge >= 0.3 is 5.97 Å². The summed E-state index contributed by atoms with van der Waals surface area (Å²) >= 11 is 0. The Morgan fingerprint density at radius 3 is 2.78 bits per heavy atom. The van der Waals surface area contributed by atoms with Gasteiger partial charge in [0.1, 0.15) is 0 Å². The summed E-state index contributed by atoms with van der Waals surface area (Å²) in [5, 5.41) is 20.6. The van der Waals surface area contributed by atoms with Gasteiger partial charge in [0.05, 0.1) is 6.54 Å². The van der Waals surface area contributed by atoms with Crippen LogP contribution < -0.4 is 0 Å². The number of nitrogens with zero attached hydrogens (tertiary/aromatic N) is 4. The van der Waals surface area contributed by atoms with E-state index in [1.165, 1.54) is 4.80 Å². The summed E-state index contributed by atoms with van der Waals surface area (Å²) in [4.78, 5) is 11.9. The first-order chi connectivity index (χ1) is 8.65. The number of benzene rings is 1. The molecule has 0 bridgehead atoms. The Hall–Kier alpha value is -2.50. The molecule has 18 heavy (non-hydrogen) atoms. The van der Waals surface area contributed by atoms with Crippen LogP contribution in [0.15, 0.2) is 42.0 Å². The molecule has 1 aromatic carbocycles. The average Bonchev–Trinajstić information content (AvgIpc) is 2.77. The third-order valence-electron chi connectivity index (χ3n) is 2.25. The molecule has 6 nitrogen and oxygen atoms in total. The smallest absolute Gasteiger partial charge is 0.328 e. The Kier molecular flexibility index (Phi) is 3.47. The zero-order valence-electron chi connectivity index (χ0n) is 9.82. The number of aromatic nitrogens is 4. The highest BCUT2D eigenvalue weighted by Crippen LogP contribution is 2.12. The Morgan fingerprint density at radius 2 is 2.11 bits per heavy atom. The van der Waals surface area contributed by atoms with Gasteiger partial charge in [-0.05, 0) is 17.7 Å². The summed E-state index contributed by atoms with van der Waals surface area (Å²) in [6, 6.07) is 9.48. The van der Waals surface area contributed by atoms with E-state index in [0.29, 0.717) is 17.9 Å². The van der Waals surface area contributed by atoms with Gasteiger partial charge in [0.2, 0.25) is 5.82 Å². The molecule has 0 spiro atoms. The number of hydrogen-bond acceptors (Lipinski definition) is 4. The van der Waals surface area contributed by atoms with E-state index >= 15 is 0 Å². The molecule has 1 heterocycles. The summed E-state index contributed by atoms with van der Waals surface area (Å²) in [5.74, 6) is -0.449. The fraction of sp³-hybridized carbons (Fsp3) is 0.167. The highest BCUT2D eigenvalue weighted by atomic mass is 16.4. The van der Waals surface area contributed by atoms with Crippen molar-refractivity contribution in [2.45, 2.75) is 13.5 Å². The summed E-state index contributed by atoms with van der Waals surface area (Å²) in [5.41, 5.74) is 1.53. The molecule has 6 heteroatoms. The molecule has 0 radical (unpaired) electrons. The van der Waals surface area contributed by atoms with Crippen LogP contribution >= 0.6 is 0 Å². The van der Waals surface area contributed by atoms with Gasteiger partial charge in [0, 0.05) is 11.6 Å². The average molecular weight is 244 g/mol. The van der Waals surface area contributed by atoms with E-state index in [2.05, 4.69) is 15.4 Å². The maximum Gasteiger partial charge on any atom is 0.328 e. The fourth-order valence-electron chi connectivity index (χ4n) is 1.49. The largest absolute Gasteiger partial charge is 0.478 e. The Balaban J connectivity index is 2.14. The Morgan fingerprint density at radius 1 is 1.39 bits per heavy atom. The predicted octanol–water partition coefficient (Wildman–Crippen LogP) is 1.37. The van der Waals surface area contributed by atoms with Crippen LogP contribution in [0.25, 0.3) is 11.4 Å². The van der Waals surface area contributed by atoms with Crippen LogP contribution in [0, 0.1) is 0 Å². The first kappa shape index (κ1) is 12.0. The van der Waals surface area contributed by atoms with Gasteiger partial charge < -0.3 is 5.11 Å². The molecular weight excluding hydrogens is 232 g/mol. The third-order valence-corrected chi connectivity index (χ3v) is 2.25. The highest BCUT2D eigenvalue weighted by Gasteiger charge is 2.05. The maximum atomic E-state index is 10.5. The minimum Gasteiger partial charge on any atom is -0.478 e. The van der Waals surface area contributed by atoms with Crippen molar-refractivity contribution in [2.24, 2.45) is 0 Å². The number of hydrogen-bond donors (Lipinski definition) is 1. The van der Waals surface area contributed by atoms with Crippen LogP contribution in [-0.4, -0.2) is 31.3 Å². The summed E-state index contributed by atoms with van der Waals surface area (Å²) in [6.45, 7) is 2.02. The molecule has 0 atom stereocenters. The molecule has 2 aromatic rings. The molecular formula is C12H12N4O2. The van der Waals surface area contributed by atoms with E-state index in [0.717, 1.165) is 11.6 Å². The standard InChI is InChI=1S/C12H12N4O2/c1-9(7-11(17)18)8-16-14-12(13-15-16)10-5-3-2-4-6-10/h2-7H,8H2,1H3,(H,17,18). The third kappa shape index (κ3) is 3.00. The van der Waals surface area contributed by atoms with Gasteiger partial charge in [0.25, 0.3) is 0 Å². The van der Waals surface area contributed by atoms with Gasteiger partial charge in [-0.25, -0.2) is 4.79 Å². The molecule has 0 aliphatic carbocycles. The van der Waals surface area contributed by atoms with E-state index in [-0.39, 0.29) is 0 Å². The zero-order chi connectivity index (χ0) is 13.0. The lowest BCUT2D eigenvalue weighted by Gasteiger charge is -1.97. The first-order valence-corrected chi connectivity index (χ1v) is 5.38. The SMILES string of the molecule is CC(=CC(=O)O)Cn1nnc(-c2ccccc2)n1. The molecule has 0 saturated heterocycles. The van der Waals surface area contributed by atoms with Crippen molar-refractivity contribution in [3.05, 3.63) is 42.0 Å². The number of tetrazole rings is 1. The summed E-state index contributed by atoms with van der Waals surface area (Å²) in [7, 11) is 0. The fourth-order valence-corrected chi connectivity index (χ4v) is 1.49. The number of aliphatic carboxylic acids is 1. The van der Waals surface area contributed by atoms with Crippen molar-refractivity contribution in [1.82, 2.24) is 20.2 Å². The van der Waals surface area contributed by atoms with E-state index in [4.69, 9.17) is 5.11 Å². The lowest BCUT2D eigenvalue weighted by molar-refractivity contribution is -0.131. The topological polar surface area (TPSA) is 80.9 Å². The van der Waals surface area contributed by atoms with E-state index in [9.17, 15) is 4.79 Å². The molecule has 0 aliphatic heterocycles. The number of carboxylic acids is 1. The molecule has 1 N–H and O–H groups in total. The zero-order valence-corrected chi connectivity index (χ0v) is 9.82. The minimum absolute atomic E-state index is 0.312. The van der Waals surface area contributed by atoms with Crippen LogP contribution in [0.4, 0.5) is 0 Å². The molecule has 0 aliphatic rings. The number of carbonyl (C=O) groups is 1. The van der Waals surface area contributed by atoms with Crippen LogP contribution in [-0.2, 0) is 11.3 Å². The predicted molar refractivity (Wildman–Crippen MR) is 64.6 cm³/mol. The highest BCUT2D eigenvalue weighted by molar-refractivity contribution is 5.80. The number of carboxylic acid groups (broad SMARTS) is 1.